The summed E-state index contributed by atoms with van der Waals surface area (Å²) in [5.41, 5.74) is -0.0940. The normalized spacial score (nSPS) is 29.3. The Hall–Kier alpha value is -0.610. The fraction of sp³-hybridized carbons (Fsp3) is 0.929. The van der Waals surface area contributed by atoms with Crippen LogP contribution in [0.1, 0.15) is 40.5 Å². The number of hydrogen-bond acceptors (Lipinski definition) is 3. The van der Waals surface area contributed by atoms with E-state index in [2.05, 4.69) is 25.7 Å². The third-order valence-corrected chi connectivity index (χ3v) is 4.35. The zero-order valence-electron chi connectivity index (χ0n) is 12.1. The standard InChI is InChI=1S/C14H26N2O2/c1-5-15-8-6-14(7-9-15)10-16(11(2)3)13(17)12(4)18-14/h11-12H,5-10H2,1-4H3/t12-/m1/s1. The number of morpholine rings is 1. The Morgan fingerprint density at radius 2 is 2.00 bits per heavy atom. The summed E-state index contributed by atoms with van der Waals surface area (Å²) in [5.74, 6) is 0.147. The Bertz CT molecular complexity index is 309. The molecule has 2 saturated heterocycles. The van der Waals surface area contributed by atoms with Gasteiger partial charge in [0.1, 0.15) is 6.10 Å². The monoisotopic (exact) mass is 254 g/mol. The lowest BCUT2D eigenvalue weighted by atomic mass is 9.88. The number of hydrogen-bond donors (Lipinski definition) is 0. The van der Waals surface area contributed by atoms with Gasteiger partial charge >= 0.3 is 0 Å². The molecule has 1 amide bonds. The number of carbonyl (C=O) groups excluding carboxylic acids is 1. The van der Waals surface area contributed by atoms with E-state index in [4.69, 9.17) is 4.74 Å². The minimum atomic E-state index is -0.283. The summed E-state index contributed by atoms with van der Waals surface area (Å²) in [6.45, 7) is 12.3. The van der Waals surface area contributed by atoms with E-state index in [1.165, 1.54) is 0 Å². The van der Waals surface area contributed by atoms with E-state index >= 15 is 0 Å². The molecule has 0 N–H and O–H groups in total. The van der Waals surface area contributed by atoms with Crippen LogP contribution in [0.3, 0.4) is 0 Å². The van der Waals surface area contributed by atoms with Crippen molar-refractivity contribution >= 4 is 5.91 Å². The second kappa shape index (κ2) is 5.17. The number of rotatable bonds is 2. The molecule has 104 valence electrons. The molecule has 4 nitrogen and oxygen atoms in total. The van der Waals surface area contributed by atoms with Crippen LogP contribution in [0.5, 0.6) is 0 Å². The molecule has 2 aliphatic heterocycles. The first-order valence-corrected chi connectivity index (χ1v) is 7.18. The van der Waals surface area contributed by atoms with Crippen LogP contribution in [0.15, 0.2) is 0 Å². The van der Waals surface area contributed by atoms with Gasteiger partial charge in [-0.2, -0.15) is 0 Å². The molecule has 0 aromatic heterocycles. The van der Waals surface area contributed by atoms with Crippen molar-refractivity contribution in [3.8, 4) is 0 Å². The second-order valence-electron chi connectivity index (χ2n) is 5.94. The number of piperidine rings is 1. The highest BCUT2D eigenvalue weighted by atomic mass is 16.5. The largest absolute Gasteiger partial charge is 0.360 e. The van der Waals surface area contributed by atoms with Crippen molar-refractivity contribution in [3.05, 3.63) is 0 Å². The number of ether oxygens (including phenoxy) is 1. The minimum Gasteiger partial charge on any atom is -0.360 e. The average Bonchev–Trinajstić information content (AvgIpc) is 2.35. The Morgan fingerprint density at radius 3 is 2.50 bits per heavy atom. The third-order valence-electron chi connectivity index (χ3n) is 4.35. The first-order valence-electron chi connectivity index (χ1n) is 7.18. The van der Waals surface area contributed by atoms with Gasteiger partial charge < -0.3 is 14.5 Å². The zero-order chi connectivity index (χ0) is 13.3. The average molecular weight is 254 g/mol. The molecule has 4 heteroatoms. The molecule has 0 aliphatic carbocycles. The van der Waals surface area contributed by atoms with Gasteiger partial charge in [-0.05, 0) is 40.2 Å². The van der Waals surface area contributed by atoms with E-state index in [1.54, 1.807) is 0 Å². The first kappa shape index (κ1) is 13.8. The highest BCUT2D eigenvalue weighted by molar-refractivity contribution is 5.81. The zero-order valence-corrected chi connectivity index (χ0v) is 12.1. The lowest BCUT2D eigenvalue weighted by Gasteiger charge is -2.50. The molecule has 2 fully saturated rings. The summed E-state index contributed by atoms with van der Waals surface area (Å²) >= 11 is 0. The number of carbonyl (C=O) groups is 1. The summed E-state index contributed by atoms with van der Waals surface area (Å²) in [7, 11) is 0. The number of amides is 1. The Kier molecular flexibility index (Phi) is 3.97. The van der Waals surface area contributed by atoms with Crippen LogP contribution >= 0.6 is 0 Å². The molecule has 2 heterocycles. The van der Waals surface area contributed by atoms with Crippen LogP contribution in [-0.2, 0) is 9.53 Å². The number of likely N-dealkylation sites (tertiary alicyclic amines) is 1. The molecule has 0 saturated carbocycles. The van der Waals surface area contributed by atoms with Crippen LogP contribution in [0.4, 0.5) is 0 Å². The molecular formula is C14H26N2O2. The van der Waals surface area contributed by atoms with Gasteiger partial charge in [-0.3, -0.25) is 4.79 Å². The van der Waals surface area contributed by atoms with Gasteiger partial charge in [0.25, 0.3) is 5.91 Å². The maximum Gasteiger partial charge on any atom is 0.251 e. The van der Waals surface area contributed by atoms with Crippen molar-refractivity contribution in [2.24, 2.45) is 0 Å². The van der Waals surface area contributed by atoms with Crippen molar-refractivity contribution in [1.82, 2.24) is 9.80 Å². The van der Waals surface area contributed by atoms with Crippen molar-refractivity contribution in [2.45, 2.75) is 58.3 Å². The third kappa shape index (κ3) is 2.54. The van der Waals surface area contributed by atoms with Gasteiger partial charge in [-0.25, -0.2) is 0 Å². The van der Waals surface area contributed by atoms with E-state index in [1.807, 2.05) is 11.8 Å². The van der Waals surface area contributed by atoms with Gasteiger partial charge in [-0.1, -0.05) is 6.92 Å². The Balaban J connectivity index is 2.08. The summed E-state index contributed by atoms with van der Waals surface area (Å²) in [6, 6.07) is 0.268. The molecule has 1 atom stereocenters. The maximum atomic E-state index is 12.1. The van der Waals surface area contributed by atoms with Gasteiger partial charge in [0.15, 0.2) is 0 Å². The number of nitrogens with zero attached hydrogens (tertiary/aromatic N) is 2. The quantitative estimate of drug-likeness (QED) is 0.748. The predicted molar refractivity (Wildman–Crippen MR) is 71.5 cm³/mol. The van der Waals surface area contributed by atoms with E-state index in [0.717, 1.165) is 39.0 Å². The molecule has 1 spiro atoms. The maximum absolute atomic E-state index is 12.1. The predicted octanol–water partition coefficient (Wildman–Crippen LogP) is 1.50. The van der Waals surface area contributed by atoms with Gasteiger partial charge in [0.2, 0.25) is 0 Å². The Morgan fingerprint density at radius 1 is 1.39 bits per heavy atom. The molecule has 2 rings (SSSR count). The van der Waals surface area contributed by atoms with Gasteiger partial charge in [-0.15, -0.1) is 0 Å². The SMILES string of the molecule is CCN1CCC2(CC1)CN(C(C)C)C(=O)[C@@H](C)O2. The van der Waals surface area contributed by atoms with Crippen LogP contribution in [0, 0.1) is 0 Å². The van der Waals surface area contributed by atoms with E-state index in [0.29, 0.717) is 0 Å². The lowest BCUT2D eigenvalue weighted by Crippen LogP contribution is -2.62. The van der Waals surface area contributed by atoms with Crippen LogP contribution in [0.25, 0.3) is 0 Å². The van der Waals surface area contributed by atoms with Gasteiger partial charge in [0, 0.05) is 19.1 Å². The van der Waals surface area contributed by atoms with Crippen LogP contribution < -0.4 is 0 Å². The molecule has 0 radical (unpaired) electrons. The first-order chi connectivity index (χ1) is 8.47. The van der Waals surface area contributed by atoms with Crippen molar-refractivity contribution in [1.29, 1.82) is 0 Å². The Labute approximate surface area is 110 Å². The molecule has 0 aromatic rings. The van der Waals surface area contributed by atoms with Crippen molar-refractivity contribution in [3.63, 3.8) is 0 Å². The highest BCUT2D eigenvalue weighted by Gasteiger charge is 2.45. The summed E-state index contributed by atoms with van der Waals surface area (Å²) in [6.07, 6.45) is 1.80. The highest BCUT2D eigenvalue weighted by Crippen LogP contribution is 2.33. The summed E-state index contributed by atoms with van der Waals surface area (Å²) in [5, 5.41) is 0. The van der Waals surface area contributed by atoms with Gasteiger partial charge in [0.05, 0.1) is 12.1 Å². The van der Waals surface area contributed by atoms with E-state index in [-0.39, 0.29) is 23.7 Å². The molecule has 0 bridgehead atoms. The smallest absolute Gasteiger partial charge is 0.251 e. The molecule has 0 unspecified atom stereocenters. The molecule has 0 aromatic carbocycles. The second-order valence-corrected chi connectivity index (χ2v) is 5.94. The fourth-order valence-corrected chi connectivity index (χ4v) is 3.07. The molecule has 2 aliphatic rings. The van der Waals surface area contributed by atoms with Crippen molar-refractivity contribution in [2.75, 3.05) is 26.2 Å². The summed E-state index contributed by atoms with van der Waals surface area (Å²) < 4.78 is 6.08. The summed E-state index contributed by atoms with van der Waals surface area (Å²) in [4.78, 5) is 16.6. The van der Waals surface area contributed by atoms with E-state index < -0.39 is 0 Å². The van der Waals surface area contributed by atoms with Crippen LogP contribution in [-0.4, -0.2) is 59.6 Å². The molecule has 18 heavy (non-hydrogen) atoms. The minimum absolute atomic E-state index is 0.0940. The van der Waals surface area contributed by atoms with Crippen molar-refractivity contribution < 1.29 is 9.53 Å². The topological polar surface area (TPSA) is 32.8 Å². The molecular weight excluding hydrogens is 228 g/mol. The lowest BCUT2D eigenvalue weighted by molar-refractivity contribution is -0.192. The van der Waals surface area contributed by atoms with Crippen LogP contribution in [0.2, 0.25) is 0 Å². The van der Waals surface area contributed by atoms with E-state index in [9.17, 15) is 4.79 Å². The fourth-order valence-electron chi connectivity index (χ4n) is 3.07.